The van der Waals surface area contributed by atoms with Crippen molar-refractivity contribution < 1.29 is 9.59 Å². The van der Waals surface area contributed by atoms with E-state index in [1.165, 1.54) is 0 Å². The van der Waals surface area contributed by atoms with Crippen LogP contribution >= 0.6 is 11.6 Å². The normalized spacial score (nSPS) is 10.5. The summed E-state index contributed by atoms with van der Waals surface area (Å²) in [5.74, 6) is -0.540. The van der Waals surface area contributed by atoms with E-state index >= 15 is 0 Å². The minimum absolute atomic E-state index is 0.157. The number of hydrogen-bond acceptors (Lipinski definition) is 4. The van der Waals surface area contributed by atoms with Gasteiger partial charge in [-0.25, -0.2) is 4.68 Å². The molecule has 0 aliphatic carbocycles. The van der Waals surface area contributed by atoms with E-state index in [1.54, 1.807) is 54.1 Å². The standard InChI is InChI=1S/C19H18ClN5O2/c1-3-21-18(26)13-7-9-15(10-8-13)22-19(27)17-12(2)25(24-23-17)16-6-4-5-14(20)11-16/h4-11H,3H2,1-2H3,(H,21,26)(H,22,27). The first-order chi connectivity index (χ1) is 13.0. The van der Waals surface area contributed by atoms with E-state index in [1.807, 2.05) is 13.0 Å². The van der Waals surface area contributed by atoms with Gasteiger partial charge in [0.1, 0.15) is 0 Å². The van der Waals surface area contributed by atoms with Gasteiger partial charge in [-0.15, -0.1) is 5.10 Å². The third-order valence-corrected chi connectivity index (χ3v) is 4.14. The largest absolute Gasteiger partial charge is 0.352 e. The number of amides is 2. The molecular weight excluding hydrogens is 366 g/mol. The number of halogens is 1. The zero-order valence-corrected chi connectivity index (χ0v) is 15.6. The van der Waals surface area contributed by atoms with E-state index in [4.69, 9.17) is 11.6 Å². The minimum atomic E-state index is -0.383. The van der Waals surface area contributed by atoms with Gasteiger partial charge >= 0.3 is 0 Å². The van der Waals surface area contributed by atoms with E-state index in [-0.39, 0.29) is 17.5 Å². The lowest BCUT2D eigenvalue weighted by Gasteiger charge is -2.07. The van der Waals surface area contributed by atoms with Gasteiger partial charge < -0.3 is 10.6 Å². The summed E-state index contributed by atoms with van der Waals surface area (Å²) in [4.78, 5) is 24.3. The Bertz CT molecular complexity index is 982. The number of aromatic nitrogens is 3. The Morgan fingerprint density at radius 1 is 1.11 bits per heavy atom. The van der Waals surface area contributed by atoms with E-state index in [2.05, 4.69) is 20.9 Å². The average Bonchev–Trinajstić information content (AvgIpc) is 3.04. The summed E-state index contributed by atoms with van der Waals surface area (Å²) < 4.78 is 1.55. The summed E-state index contributed by atoms with van der Waals surface area (Å²) in [6.45, 7) is 4.16. The summed E-state index contributed by atoms with van der Waals surface area (Å²) >= 11 is 6.01. The number of carbonyl (C=O) groups excluding carboxylic acids is 2. The fraction of sp³-hybridized carbons (Fsp3) is 0.158. The van der Waals surface area contributed by atoms with Gasteiger partial charge in [0, 0.05) is 22.8 Å². The van der Waals surface area contributed by atoms with Crippen LogP contribution in [0.25, 0.3) is 5.69 Å². The predicted octanol–water partition coefficient (Wildman–Crippen LogP) is 3.23. The fourth-order valence-corrected chi connectivity index (χ4v) is 2.73. The Hall–Kier alpha value is -3.19. The van der Waals surface area contributed by atoms with E-state index in [0.29, 0.717) is 28.5 Å². The van der Waals surface area contributed by atoms with Crippen LogP contribution in [0.3, 0.4) is 0 Å². The van der Waals surface area contributed by atoms with Crippen molar-refractivity contribution in [2.24, 2.45) is 0 Å². The van der Waals surface area contributed by atoms with Crippen LogP contribution < -0.4 is 10.6 Å². The molecule has 0 bridgehead atoms. The molecule has 8 heteroatoms. The predicted molar refractivity (Wildman–Crippen MR) is 104 cm³/mol. The van der Waals surface area contributed by atoms with Gasteiger partial charge in [0.05, 0.1) is 11.4 Å². The molecule has 2 aromatic carbocycles. The zero-order chi connectivity index (χ0) is 19.4. The van der Waals surface area contributed by atoms with Crippen molar-refractivity contribution in [3.05, 3.63) is 70.5 Å². The molecule has 0 aliphatic heterocycles. The van der Waals surface area contributed by atoms with E-state index < -0.39 is 0 Å². The number of rotatable bonds is 5. The summed E-state index contributed by atoms with van der Waals surface area (Å²) in [6.07, 6.45) is 0. The van der Waals surface area contributed by atoms with Crippen LogP contribution in [0.2, 0.25) is 5.02 Å². The number of nitrogens with one attached hydrogen (secondary N) is 2. The Balaban J connectivity index is 1.76. The third-order valence-electron chi connectivity index (χ3n) is 3.90. The summed E-state index contributed by atoms with van der Waals surface area (Å²) in [7, 11) is 0. The highest BCUT2D eigenvalue weighted by Gasteiger charge is 2.18. The second kappa shape index (κ2) is 8.01. The maximum absolute atomic E-state index is 12.5. The fourth-order valence-electron chi connectivity index (χ4n) is 2.55. The van der Waals surface area contributed by atoms with Crippen LogP contribution in [0.15, 0.2) is 48.5 Å². The molecule has 2 amide bonds. The summed E-state index contributed by atoms with van der Waals surface area (Å²) in [5.41, 5.74) is 2.61. The lowest BCUT2D eigenvalue weighted by Crippen LogP contribution is -2.22. The van der Waals surface area contributed by atoms with E-state index in [0.717, 1.165) is 5.69 Å². The van der Waals surface area contributed by atoms with Gasteiger partial charge in [0.15, 0.2) is 5.69 Å². The second-order valence-electron chi connectivity index (χ2n) is 5.81. The van der Waals surface area contributed by atoms with Crippen molar-refractivity contribution in [1.29, 1.82) is 0 Å². The Kier molecular flexibility index (Phi) is 5.52. The molecule has 2 N–H and O–H groups in total. The molecule has 3 aromatic rings. The second-order valence-corrected chi connectivity index (χ2v) is 6.24. The SMILES string of the molecule is CCNC(=O)c1ccc(NC(=O)c2nnn(-c3cccc(Cl)c3)c2C)cc1. The van der Waals surface area contributed by atoms with Crippen molar-refractivity contribution in [2.75, 3.05) is 11.9 Å². The lowest BCUT2D eigenvalue weighted by atomic mass is 10.2. The van der Waals surface area contributed by atoms with E-state index in [9.17, 15) is 9.59 Å². The molecule has 0 spiro atoms. The van der Waals surface area contributed by atoms with Gasteiger partial charge in [-0.1, -0.05) is 22.9 Å². The quantitative estimate of drug-likeness (QED) is 0.707. The molecule has 0 unspecified atom stereocenters. The van der Waals surface area contributed by atoms with Crippen molar-refractivity contribution in [3.8, 4) is 5.69 Å². The molecule has 138 valence electrons. The first-order valence-corrected chi connectivity index (χ1v) is 8.75. The number of benzene rings is 2. The average molecular weight is 384 g/mol. The number of anilines is 1. The molecule has 27 heavy (non-hydrogen) atoms. The zero-order valence-electron chi connectivity index (χ0n) is 14.9. The van der Waals surface area contributed by atoms with Gasteiger partial charge in [-0.2, -0.15) is 0 Å². The van der Waals surface area contributed by atoms with Crippen LogP contribution in [0, 0.1) is 6.92 Å². The Morgan fingerprint density at radius 2 is 1.85 bits per heavy atom. The number of hydrogen-bond donors (Lipinski definition) is 2. The highest BCUT2D eigenvalue weighted by atomic mass is 35.5. The van der Waals surface area contributed by atoms with Crippen molar-refractivity contribution in [2.45, 2.75) is 13.8 Å². The van der Waals surface area contributed by atoms with Crippen molar-refractivity contribution in [3.63, 3.8) is 0 Å². The molecule has 0 saturated heterocycles. The van der Waals surface area contributed by atoms with Crippen molar-refractivity contribution >= 4 is 29.1 Å². The first kappa shape index (κ1) is 18.6. The first-order valence-electron chi connectivity index (χ1n) is 8.37. The van der Waals surface area contributed by atoms with Crippen LogP contribution in [-0.4, -0.2) is 33.4 Å². The molecule has 0 aliphatic rings. The van der Waals surface area contributed by atoms with Gasteiger partial charge in [-0.05, 0) is 56.3 Å². The van der Waals surface area contributed by atoms with Gasteiger partial charge in [0.2, 0.25) is 0 Å². The minimum Gasteiger partial charge on any atom is -0.352 e. The smallest absolute Gasteiger partial charge is 0.278 e. The topological polar surface area (TPSA) is 88.9 Å². The van der Waals surface area contributed by atoms with Crippen LogP contribution in [0.4, 0.5) is 5.69 Å². The summed E-state index contributed by atoms with van der Waals surface area (Å²) in [5, 5.41) is 14.1. The molecule has 3 rings (SSSR count). The highest BCUT2D eigenvalue weighted by molar-refractivity contribution is 6.30. The van der Waals surface area contributed by atoms with Crippen LogP contribution in [0.5, 0.6) is 0 Å². The monoisotopic (exact) mass is 383 g/mol. The molecule has 1 aromatic heterocycles. The maximum Gasteiger partial charge on any atom is 0.278 e. The molecule has 1 heterocycles. The van der Waals surface area contributed by atoms with Crippen molar-refractivity contribution in [1.82, 2.24) is 20.3 Å². The van der Waals surface area contributed by atoms with Crippen LogP contribution in [0.1, 0.15) is 33.5 Å². The molecule has 7 nitrogen and oxygen atoms in total. The Labute approximate surface area is 161 Å². The lowest BCUT2D eigenvalue weighted by molar-refractivity contribution is 0.0955. The van der Waals surface area contributed by atoms with Gasteiger partial charge in [-0.3, -0.25) is 9.59 Å². The molecule has 0 fully saturated rings. The maximum atomic E-state index is 12.5. The highest BCUT2D eigenvalue weighted by Crippen LogP contribution is 2.18. The van der Waals surface area contributed by atoms with Gasteiger partial charge in [0.25, 0.3) is 11.8 Å². The molecular formula is C19H18ClN5O2. The molecule has 0 saturated carbocycles. The number of nitrogens with zero attached hydrogens (tertiary/aromatic N) is 3. The number of carbonyl (C=O) groups is 2. The third kappa shape index (κ3) is 4.15. The van der Waals surface area contributed by atoms with Crippen LogP contribution in [-0.2, 0) is 0 Å². The Morgan fingerprint density at radius 3 is 2.52 bits per heavy atom. The summed E-state index contributed by atoms with van der Waals surface area (Å²) in [6, 6.07) is 13.8. The molecule has 0 radical (unpaired) electrons. The molecule has 0 atom stereocenters.